The van der Waals surface area contributed by atoms with Crippen molar-refractivity contribution in [1.82, 2.24) is 20.3 Å². The summed E-state index contributed by atoms with van der Waals surface area (Å²) < 4.78 is 14.9. The highest BCUT2D eigenvalue weighted by atomic mass is 19.1. The molecule has 2 aromatic rings. The first-order chi connectivity index (χ1) is 11.6. The van der Waals surface area contributed by atoms with Crippen LogP contribution in [0.2, 0.25) is 0 Å². The van der Waals surface area contributed by atoms with Crippen molar-refractivity contribution >= 4 is 11.6 Å². The first kappa shape index (κ1) is 16.4. The summed E-state index contributed by atoms with van der Waals surface area (Å²) in [4.78, 5) is 14.6. The van der Waals surface area contributed by atoms with Crippen LogP contribution in [0.5, 0.6) is 0 Å². The SMILES string of the molecule is CCn1nncc1C(=O)NC1CCCN(c2ccc(F)cc2C)C1. The van der Waals surface area contributed by atoms with Gasteiger partial charge >= 0.3 is 0 Å². The van der Waals surface area contributed by atoms with Crippen LogP contribution in [-0.2, 0) is 6.54 Å². The molecule has 1 amide bonds. The molecule has 1 saturated heterocycles. The standard InChI is InChI=1S/C17H22FN5O/c1-3-23-16(10-19-21-23)17(24)20-14-5-4-8-22(11-14)15-7-6-13(18)9-12(15)2/h6-7,9-10,14H,3-5,8,11H2,1-2H3,(H,20,24). The Hall–Kier alpha value is -2.44. The van der Waals surface area contributed by atoms with Gasteiger partial charge in [0.2, 0.25) is 0 Å². The minimum absolute atomic E-state index is 0.0518. The predicted molar refractivity (Wildman–Crippen MR) is 89.5 cm³/mol. The molecule has 7 heteroatoms. The Morgan fingerprint density at radius 3 is 3.04 bits per heavy atom. The van der Waals surface area contributed by atoms with Crippen LogP contribution in [0.3, 0.4) is 0 Å². The largest absolute Gasteiger partial charge is 0.369 e. The van der Waals surface area contributed by atoms with Crippen LogP contribution in [0.15, 0.2) is 24.4 Å². The number of nitrogens with one attached hydrogen (secondary N) is 1. The van der Waals surface area contributed by atoms with E-state index in [0.717, 1.165) is 30.6 Å². The van der Waals surface area contributed by atoms with Gasteiger partial charge in [-0.2, -0.15) is 0 Å². The molecule has 1 unspecified atom stereocenters. The maximum atomic E-state index is 13.3. The summed E-state index contributed by atoms with van der Waals surface area (Å²) >= 11 is 0. The first-order valence-electron chi connectivity index (χ1n) is 8.29. The summed E-state index contributed by atoms with van der Waals surface area (Å²) in [6.45, 7) is 6.06. The molecule has 6 nitrogen and oxygen atoms in total. The summed E-state index contributed by atoms with van der Waals surface area (Å²) in [5.41, 5.74) is 2.42. The van der Waals surface area contributed by atoms with E-state index in [1.54, 1.807) is 10.7 Å². The molecule has 0 spiro atoms. The highest BCUT2D eigenvalue weighted by Gasteiger charge is 2.24. The number of piperidine rings is 1. The van der Waals surface area contributed by atoms with Gasteiger partial charge in [0.1, 0.15) is 11.5 Å². The van der Waals surface area contributed by atoms with E-state index >= 15 is 0 Å². The molecule has 128 valence electrons. The van der Waals surface area contributed by atoms with E-state index in [1.165, 1.54) is 12.3 Å². The Balaban J connectivity index is 1.68. The van der Waals surface area contributed by atoms with Gasteiger partial charge in [-0.3, -0.25) is 4.79 Å². The second-order valence-electron chi connectivity index (χ2n) is 6.12. The normalized spacial score (nSPS) is 17.8. The quantitative estimate of drug-likeness (QED) is 0.932. The number of carbonyl (C=O) groups excluding carboxylic acids is 1. The number of hydrogen-bond donors (Lipinski definition) is 1. The maximum Gasteiger partial charge on any atom is 0.271 e. The summed E-state index contributed by atoms with van der Waals surface area (Å²) in [5, 5.41) is 10.8. The molecule has 24 heavy (non-hydrogen) atoms. The molecular formula is C17H22FN5O. The summed E-state index contributed by atoms with van der Waals surface area (Å²) in [6, 6.07) is 4.89. The van der Waals surface area contributed by atoms with Gasteiger partial charge < -0.3 is 10.2 Å². The molecule has 1 fully saturated rings. The highest BCUT2D eigenvalue weighted by molar-refractivity contribution is 5.92. The summed E-state index contributed by atoms with van der Waals surface area (Å²) in [6.07, 6.45) is 3.40. The molecule has 1 atom stereocenters. The Morgan fingerprint density at radius 2 is 2.29 bits per heavy atom. The number of aromatic nitrogens is 3. The lowest BCUT2D eigenvalue weighted by Crippen LogP contribution is -2.48. The van der Waals surface area contributed by atoms with Crippen LogP contribution in [-0.4, -0.2) is 40.0 Å². The van der Waals surface area contributed by atoms with Gasteiger partial charge in [-0.15, -0.1) is 5.10 Å². The van der Waals surface area contributed by atoms with E-state index in [2.05, 4.69) is 20.5 Å². The molecule has 3 rings (SSSR count). The maximum absolute atomic E-state index is 13.3. The van der Waals surface area contributed by atoms with Crippen molar-refractivity contribution in [3.63, 3.8) is 0 Å². The molecular weight excluding hydrogens is 309 g/mol. The van der Waals surface area contributed by atoms with Crippen LogP contribution in [0.1, 0.15) is 35.8 Å². The molecule has 2 heterocycles. The first-order valence-corrected chi connectivity index (χ1v) is 8.29. The van der Waals surface area contributed by atoms with Crippen LogP contribution in [0, 0.1) is 12.7 Å². The highest BCUT2D eigenvalue weighted by Crippen LogP contribution is 2.24. The zero-order valence-electron chi connectivity index (χ0n) is 14.0. The van der Waals surface area contributed by atoms with Gasteiger partial charge in [0.05, 0.1) is 6.20 Å². The topological polar surface area (TPSA) is 63.1 Å². The fourth-order valence-electron chi connectivity index (χ4n) is 3.21. The number of benzene rings is 1. The van der Waals surface area contributed by atoms with Gasteiger partial charge in [-0.1, -0.05) is 5.21 Å². The fourth-order valence-corrected chi connectivity index (χ4v) is 3.21. The molecule has 0 aliphatic carbocycles. The second-order valence-corrected chi connectivity index (χ2v) is 6.12. The Morgan fingerprint density at radius 1 is 1.46 bits per heavy atom. The molecule has 0 radical (unpaired) electrons. The van der Waals surface area contributed by atoms with E-state index in [0.29, 0.717) is 18.8 Å². The minimum Gasteiger partial charge on any atom is -0.369 e. The third-order valence-electron chi connectivity index (χ3n) is 4.41. The molecule has 1 aromatic carbocycles. The molecule has 1 aliphatic heterocycles. The average Bonchev–Trinajstić information content (AvgIpc) is 3.04. The third-order valence-corrected chi connectivity index (χ3v) is 4.41. The monoisotopic (exact) mass is 331 g/mol. The third kappa shape index (κ3) is 3.39. The second kappa shape index (κ2) is 6.98. The van der Waals surface area contributed by atoms with Crippen molar-refractivity contribution in [3.05, 3.63) is 41.5 Å². The molecule has 1 aromatic heterocycles. The summed E-state index contributed by atoms with van der Waals surface area (Å²) in [5.74, 6) is -0.372. The summed E-state index contributed by atoms with van der Waals surface area (Å²) in [7, 11) is 0. The Kier molecular flexibility index (Phi) is 4.78. The van der Waals surface area contributed by atoms with E-state index in [4.69, 9.17) is 0 Å². The number of nitrogens with zero attached hydrogens (tertiary/aromatic N) is 4. The molecule has 0 saturated carbocycles. The number of amides is 1. The van der Waals surface area contributed by atoms with Crippen LogP contribution in [0.25, 0.3) is 0 Å². The predicted octanol–water partition coefficient (Wildman–Crippen LogP) is 2.14. The van der Waals surface area contributed by atoms with Gasteiger partial charge in [-0.05, 0) is 50.5 Å². The average molecular weight is 331 g/mol. The van der Waals surface area contributed by atoms with E-state index in [9.17, 15) is 9.18 Å². The van der Waals surface area contributed by atoms with E-state index in [-0.39, 0.29) is 17.8 Å². The lowest BCUT2D eigenvalue weighted by Gasteiger charge is -2.35. The van der Waals surface area contributed by atoms with Crippen molar-refractivity contribution in [2.24, 2.45) is 0 Å². The van der Waals surface area contributed by atoms with Gasteiger partial charge in [-0.25, -0.2) is 9.07 Å². The lowest BCUT2D eigenvalue weighted by atomic mass is 10.0. The lowest BCUT2D eigenvalue weighted by molar-refractivity contribution is 0.0922. The van der Waals surface area contributed by atoms with Crippen molar-refractivity contribution in [3.8, 4) is 0 Å². The fraction of sp³-hybridized carbons (Fsp3) is 0.471. The van der Waals surface area contributed by atoms with Gasteiger partial charge in [0.15, 0.2) is 0 Å². The van der Waals surface area contributed by atoms with Crippen LogP contribution < -0.4 is 10.2 Å². The van der Waals surface area contributed by atoms with E-state index in [1.807, 2.05) is 19.9 Å². The van der Waals surface area contributed by atoms with Crippen LogP contribution in [0.4, 0.5) is 10.1 Å². The number of halogens is 1. The zero-order valence-corrected chi connectivity index (χ0v) is 14.0. The number of aryl methyl sites for hydroxylation is 2. The van der Waals surface area contributed by atoms with Gasteiger partial charge in [0.25, 0.3) is 5.91 Å². The molecule has 1 N–H and O–H groups in total. The van der Waals surface area contributed by atoms with E-state index < -0.39 is 0 Å². The zero-order chi connectivity index (χ0) is 17.1. The number of hydrogen-bond acceptors (Lipinski definition) is 4. The van der Waals surface area contributed by atoms with Crippen molar-refractivity contribution in [2.75, 3.05) is 18.0 Å². The minimum atomic E-state index is -0.224. The Labute approximate surface area is 140 Å². The molecule has 1 aliphatic rings. The van der Waals surface area contributed by atoms with Crippen LogP contribution >= 0.6 is 0 Å². The number of anilines is 1. The molecule has 0 bridgehead atoms. The van der Waals surface area contributed by atoms with Crippen molar-refractivity contribution in [1.29, 1.82) is 0 Å². The number of rotatable bonds is 4. The Bertz CT molecular complexity index is 730. The van der Waals surface area contributed by atoms with Crippen molar-refractivity contribution in [2.45, 2.75) is 39.3 Å². The smallest absolute Gasteiger partial charge is 0.271 e. The number of carbonyl (C=O) groups is 1. The van der Waals surface area contributed by atoms with Gasteiger partial charge in [0, 0.05) is 31.4 Å². The van der Waals surface area contributed by atoms with Crippen molar-refractivity contribution < 1.29 is 9.18 Å².